The van der Waals surface area contributed by atoms with Gasteiger partial charge in [-0.3, -0.25) is 0 Å². The molecule has 0 saturated heterocycles. The molecule has 0 amide bonds. The smallest absolute Gasteiger partial charge is 0.133 e. The second-order valence-corrected chi connectivity index (χ2v) is 7.34. The third-order valence-corrected chi connectivity index (χ3v) is 4.95. The summed E-state index contributed by atoms with van der Waals surface area (Å²) in [6, 6.07) is 7.83. The summed E-state index contributed by atoms with van der Waals surface area (Å²) in [6.45, 7) is 1.09. The first-order valence-corrected chi connectivity index (χ1v) is 8.49. The van der Waals surface area contributed by atoms with Gasteiger partial charge in [0, 0.05) is 7.11 Å². The van der Waals surface area contributed by atoms with Crippen LogP contribution >= 0.6 is 43.2 Å². The normalized spacial score (nSPS) is 12.4. The van der Waals surface area contributed by atoms with E-state index < -0.39 is 0 Å². The molecular weight excluding hydrogens is 406 g/mol. The molecule has 20 heavy (non-hydrogen) atoms. The molecule has 0 aliphatic heterocycles. The molecule has 108 valence electrons. The van der Waals surface area contributed by atoms with Crippen molar-refractivity contribution in [2.24, 2.45) is 5.73 Å². The summed E-state index contributed by atoms with van der Waals surface area (Å²) in [5.41, 5.74) is 8.42. The summed E-state index contributed by atoms with van der Waals surface area (Å²) < 4.78 is 12.5. The lowest BCUT2D eigenvalue weighted by molar-refractivity contribution is 0.146. The molecule has 0 fully saturated rings. The van der Waals surface area contributed by atoms with E-state index in [1.807, 2.05) is 24.3 Å². The average Bonchev–Trinajstić information content (AvgIpc) is 2.86. The number of methoxy groups -OCH3 is 1. The third kappa shape index (κ3) is 4.05. The van der Waals surface area contributed by atoms with Crippen molar-refractivity contribution in [3.05, 3.63) is 49.0 Å². The quantitative estimate of drug-likeness (QED) is 0.706. The lowest BCUT2D eigenvalue weighted by atomic mass is 10.0. The van der Waals surface area contributed by atoms with E-state index in [1.165, 1.54) is 0 Å². The largest absolute Gasteiger partial charge is 0.490 e. The maximum absolute atomic E-state index is 6.27. The predicted octanol–water partition coefficient (Wildman–Crippen LogP) is 4.35. The molecule has 0 bridgehead atoms. The minimum Gasteiger partial charge on any atom is -0.490 e. The van der Waals surface area contributed by atoms with Crippen LogP contribution in [0.25, 0.3) is 0 Å². The molecule has 0 aliphatic carbocycles. The Bertz CT molecular complexity index is 574. The lowest BCUT2D eigenvalue weighted by Crippen LogP contribution is -2.11. The average molecular weight is 421 g/mol. The number of hydrogen-bond donors (Lipinski definition) is 1. The highest BCUT2D eigenvalue weighted by molar-refractivity contribution is 9.11. The van der Waals surface area contributed by atoms with Crippen molar-refractivity contribution in [3.63, 3.8) is 0 Å². The second kappa shape index (κ2) is 7.56. The van der Waals surface area contributed by atoms with Crippen LogP contribution in [-0.4, -0.2) is 20.3 Å². The maximum Gasteiger partial charge on any atom is 0.133 e. The molecule has 3 nitrogen and oxygen atoms in total. The van der Waals surface area contributed by atoms with Crippen LogP contribution in [0, 0.1) is 0 Å². The monoisotopic (exact) mass is 419 g/mol. The van der Waals surface area contributed by atoms with Gasteiger partial charge in [0.25, 0.3) is 0 Å². The van der Waals surface area contributed by atoms with Crippen molar-refractivity contribution in [3.8, 4) is 5.75 Å². The Balaban J connectivity index is 2.12. The van der Waals surface area contributed by atoms with Crippen molar-refractivity contribution in [2.45, 2.75) is 6.04 Å². The van der Waals surface area contributed by atoms with E-state index in [4.69, 9.17) is 15.2 Å². The molecule has 1 aromatic carbocycles. The van der Waals surface area contributed by atoms with E-state index in [0.717, 1.165) is 25.1 Å². The van der Waals surface area contributed by atoms with Crippen molar-refractivity contribution < 1.29 is 9.47 Å². The van der Waals surface area contributed by atoms with Gasteiger partial charge < -0.3 is 15.2 Å². The van der Waals surface area contributed by atoms with Gasteiger partial charge in [-0.05, 0) is 66.6 Å². The van der Waals surface area contributed by atoms with Gasteiger partial charge in [0.15, 0.2) is 0 Å². The van der Waals surface area contributed by atoms with Crippen LogP contribution in [0.15, 0.2) is 37.9 Å². The van der Waals surface area contributed by atoms with E-state index in [0.29, 0.717) is 13.2 Å². The SMILES string of the molecule is COCCOc1ccc(C(N)c2csc(Br)c2)cc1Br. The maximum atomic E-state index is 6.27. The molecule has 2 aromatic rings. The Morgan fingerprint density at radius 1 is 1.20 bits per heavy atom. The summed E-state index contributed by atoms with van der Waals surface area (Å²) >= 11 is 8.61. The first kappa shape index (κ1) is 16.0. The first-order valence-electron chi connectivity index (χ1n) is 6.02. The summed E-state index contributed by atoms with van der Waals surface area (Å²) in [5, 5.41) is 2.06. The van der Waals surface area contributed by atoms with Gasteiger partial charge >= 0.3 is 0 Å². The number of halogens is 2. The van der Waals surface area contributed by atoms with Crippen LogP contribution in [0.1, 0.15) is 17.2 Å². The Labute approximate surface area is 139 Å². The van der Waals surface area contributed by atoms with Gasteiger partial charge in [-0.25, -0.2) is 0 Å². The Morgan fingerprint density at radius 3 is 2.60 bits per heavy atom. The highest BCUT2D eigenvalue weighted by Gasteiger charge is 2.12. The fraction of sp³-hybridized carbons (Fsp3) is 0.286. The number of rotatable bonds is 6. The zero-order chi connectivity index (χ0) is 14.5. The minimum absolute atomic E-state index is 0.137. The third-order valence-electron chi connectivity index (χ3n) is 2.81. The highest BCUT2D eigenvalue weighted by Crippen LogP contribution is 2.32. The van der Waals surface area contributed by atoms with Crippen molar-refractivity contribution in [2.75, 3.05) is 20.3 Å². The highest BCUT2D eigenvalue weighted by atomic mass is 79.9. The predicted molar refractivity (Wildman–Crippen MR) is 89.6 cm³/mol. The fourth-order valence-electron chi connectivity index (χ4n) is 1.74. The molecule has 2 N–H and O–H groups in total. The molecule has 0 aliphatic rings. The standard InChI is InChI=1S/C14H15Br2NO2S/c1-18-4-5-19-12-3-2-9(6-11(12)15)14(17)10-7-13(16)20-8-10/h2-3,6-8,14H,4-5,17H2,1H3. The summed E-state index contributed by atoms with van der Waals surface area (Å²) in [7, 11) is 1.65. The van der Waals surface area contributed by atoms with E-state index >= 15 is 0 Å². The van der Waals surface area contributed by atoms with Gasteiger partial charge in [0.2, 0.25) is 0 Å². The molecular formula is C14H15Br2NO2S. The van der Waals surface area contributed by atoms with Crippen molar-refractivity contribution in [1.29, 1.82) is 0 Å². The van der Waals surface area contributed by atoms with Crippen molar-refractivity contribution >= 4 is 43.2 Å². The van der Waals surface area contributed by atoms with Crippen molar-refractivity contribution in [1.82, 2.24) is 0 Å². The molecule has 1 atom stereocenters. The van der Waals surface area contributed by atoms with Crippen LogP contribution < -0.4 is 10.5 Å². The molecule has 1 aromatic heterocycles. The van der Waals surface area contributed by atoms with E-state index in [-0.39, 0.29) is 6.04 Å². The number of hydrogen-bond acceptors (Lipinski definition) is 4. The second-order valence-electron chi connectivity index (χ2n) is 4.19. The van der Waals surface area contributed by atoms with Crippen LogP contribution in [0.5, 0.6) is 5.75 Å². The number of thiophene rings is 1. The topological polar surface area (TPSA) is 44.5 Å². The van der Waals surface area contributed by atoms with Gasteiger partial charge in [-0.1, -0.05) is 6.07 Å². The van der Waals surface area contributed by atoms with Crippen LogP contribution in [0.2, 0.25) is 0 Å². The first-order chi connectivity index (χ1) is 9.61. The molecule has 0 radical (unpaired) electrons. The summed E-state index contributed by atoms with van der Waals surface area (Å²) in [6.07, 6.45) is 0. The van der Waals surface area contributed by atoms with Gasteiger partial charge in [-0.2, -0.15) is 0 Å². The Kier molecular flexibility index (Phi) is 6.04. The Morgan fingerprint density at radius 2 is 2.00 bits per heavy atom. The molecule has 2 rings (SSSR count). The van der Waals surface area contributed by atoms with Gasteiger partial charge in [0.05, 0.1) is 20.9 Å². The lowest BCUT2D eigenvalue weighted by Gasteiger charge is -2.13. The van der Waals surface area contributed by atoms with E-state index in [9.17, 15) is 0 Å². The molecule has 1 heterocycles. The number of ether oxygens (including phenoxy) is 2. The van der Waals surface area contributed by atoms with Crippen LogP contribution in [0.4, 0.5) is 0 Å². The molecule has 1 unspecified atom stereocenters. The summed E-state index contributed by atoms with van der Waals surface area (Å²) in [5.74, 6) is 0.796. The molecule has 0 spiro atoms. The van der Waals surface area contributed by atoms with Crippen LogP contribution in [-0.2, 0) is 4.74 Å². The zero-order valence-corrected chi connectivity index (χ0v) is 14.9. The zero-order valence-electron chi connectivity index (χ0n) is 10.9. The fourth-order valence-corrected chi connectivity index (χ4v) is 3.46. The van der Waals surface area contributed by atoms with Gasteiger partial charge in [0.1, 0.15) is 12.4 Å². The van der Waals surface area contributed by atoms with Crippen LogP contribution in [0.3, 0.4) is 0 Å². The Hall–Kier alpha value is -0.400. The number of benzene rings is 1. The van der Waals surface area contributed by atoms with Gasteiger partial charge in [-0.15, -0.1) is 11.3 Å². The minimum atomic E-state index is -0.137. The number of nitrogens with two attached hydrogens (primary N) is 1. The van der Waals surface area contributed by atoms with E-state index in [1.54, 1.807) is 18.4 Å². The molecule has 6 heteroatoms. The molecule has 0 saturated carbocycles. The summed E-state index contributed by atoms with van der Waals surface area (Å²) in [4.78, 5) is 0. The van der Waals surface area contributed by atoms with E-state index in [2.05, 4.69) is 37.2 Å².